The van der Waals surface area contributed by atoms with Crippen LogP contribution in [0.15, 0.2) is 36.4 Å². The number of aryl methyl sites for hydroxylation is 1. The summed E-state index contributed by atoms with van der Waals surface area (Å²) in [5, 5.41) is 3.89. The number of piperazine rings is 1. The van der Waals surface area contributed by atoms with Gasteiger partial charge in [-0.05, 0) is 62.1 Å². The number of carbonyl (C=O) groups excluding carboxylic acids is 1. The van der Waals surface area contributed by atoms with E-state index >= 15 is 0 Å². The number of benzene rings is 2. The standard InChI is InChI=1S/C27H35ClN6O/c1-19-5-3-7-25(20(19)2)33-15-13-32(14-16-33)12-10-29-26(35)21-6-4-11-34(18-21)27-30-23-9-8-22(28)17-24(23)31-27/h3,5,7-9,17,21H,4,6,10-16,18H2,1-2H3,(H,29,35)(H,30,31). The van der Waals surface area contributed by atoms with Crippen molar-refractivity contribution in [1.29, 1.82) is 0 Å². The van der Waals surface area contributed by atoms with Gasteiger partial charge >= 0.3 is 0 Å². The van der Waals surface area contributed by atoms with E-state index in [0.29, 0.717) is 18.1 Å². The van der Waals surface area contributed by atoms with Gasteiger partial charge in [0.05, 0.1) is 17.0 Å². The molecule has 0 saturated carbocycles. The number of H-pyrrole nitrogens is 1. The second-order valence-corrected chi connectivity index (χ2v) is 10.3. The number of piperidine rings is 1. The fourth-order valence-electron chi connectivity index (χ4n) is 5.27. The molecule has 3 aromatic rings. The van der Waals surface area contributed by atoms with Gasteiger partial charge in [0, 0.05) is 63.1 Å². The Morgan fingerprint density at radius 3 is 2.77 bits per heavy atom. The molecule has 2 N–H and O–H groups in total. The number of hydrogen-bond acceptors (Lipinski definition) is 5. The molecule has 2 aromatic carbocycles. The van der Waals surface area contributed by atoms with E-state index in [-0.39, 0.29) is 11.8 Å². The molecule has 3 heterocycles. The summed E-state index contributed by atoms with van der Waals surface area (Å²) < 4.78 is 0. The summed E-state index contributed by atoms with van der Waals surface area (Å²) in [6.07, 6.45) is 1.90. The van der Waals surface area contributed by atoms with E-state index in [0.717, 1.165) is 69.1 Å². The topological polar surface area (TPSA) is 67.5 Å². The fourth-order valence-corrected chi connectivity index (χ4v) is 5.45. The van der Waals surface area contributed by atoms with Crippen molar-refractivity contribution in [3.8, 4) is 0 Å². The van der Waals surface area contributed by atoms with Gasteiger partial charge in [-0.1, -0.05) is 23.7 Å². The highest BCUT2D eigenvalue weighted by Gasteiger charge is 2.27. The Bertz CT molecular complexity index is 1190. The van der Waals surface area contributed by atoms with Crippen LogP contribution in [-0.4, -0.2) is 73.1 Å². The van der Waals surface area contributed by atoms with Crippen LogP contribution >= 0.6 is 11.6 Å². The Morgan fingerprint density at radius 1 is 1.11 bits per heavy atom. The van der Waals surface area contributed by atoms with Gasteiger partial charge < -0.3 is 20.1 Å². The summed E-state index contributed by atoms with van der Waals surface area (Å²) in [4.78, 5) is 28.1. The third-order valence-electron chi connectivity index (χ3n) is 7.54. The highest BCUT2D eigenvalue weighted by Crippen LogP contribution is 2.26. The molecule has 7 nitrogen and oxygen atoms in total. The van der Waals surface area contributed by atoms with E-state index in [9.17, 15) is 4.79 Å². The smallest absolute Gasteiger partial charge is 0.224 e. The molecule has 5 rings (SSSR count). The zero-order valence-electron chi connectivity index (χ0n) is 20.7. The first-order valence-electron chi connectivity index (χ1n) is 12.7. The Kier molecular flexibility index (Phi) is 7.16. The second kappa shape index (κ2) is 10.5. The minimum absolute atomic E-state index is 0.0123. The lowest BCUT2D eigenvalue weighted by atomic mass is 9.97. The molecular formula is C27H35ClN6O. The third kappa shape index (κ3) is 5.41. The van der Waals surface area contributed by atoms with Crippen molar-refractivity contribution < 1.29 is 4.79 Å². The predicted octanol–water partition coefficient (Wildman–Crippen LogP) is 3.99. The molecule has 1 aromatic heterocycles. The molecule has 2 aliphatic rings. The lowest BCUT2D eigenvalue weighted by Gasteiger charge is -2.37. The molecule has 35 heavy (non-hydrogen) atoms. The number of rotatable bonds is 6. The molecule has 1 unspecified atom stereocenters. The molecular weight excluding hydrogens is 460 g/mol. The molecule has 1 amide bonds. The van der Waals surface area contributed by atoms with Gasteiger partial charge in [0.1, 0.15) is 0 Å². The van der Waals surface area contributed by atoms with Gasteiger partial charge in [-0.15, -0.1) is 0 Å². The van der Waals surface area contributed by atoms with Gasteiger partial charge in [-0.25, -0.2) is 4.98 Å². The molecule has 0 bridgehead atoms. The minimum atomic E-state index is -0.0123. The first-order chi connectivity index (χ1) is 17.0. The maximum absolute atomic E-state index is 12.9. The van der Waals surface area contributed by atoms with Crippen LogP contribution in [0.3, 0.4) is 0 Å². The molecule has 1 atom stereocenters. The third-order valence-corrected chi connectivity index (χ3v) is 7.77. The number of nitrogens with zero attached hydrogens (tertiary/aromatic N) is 4. The van der Waals surface area contributed by atoms with E-state index < -0.39 is 0 Å². The van der Waals surface area contributed by atoms with Crippen molar-refractivity contribution in [2.45, 2.75) is 26.7 Å². The van der Waals surface area contributed by atoms with Crippen molar-refractivity contribution in [3.63, 3.8) is 0 Å². The van der Waals surface area contributed by atoms with E-state index in [4.69, 9.17) is 16.6 Å². The molecule has 2 aliphatic heterocycles. The number of aromatic amines is 1. The lowest BCUT2D eigenvalue weighted by Crippen LogP contribution is -2.49. The van der Waals surface area contributed by atoms with Crippen LogP contribution in [0.4, 0.5) is 11.6 Å². The van der Waals surface area contributed by atoms with Crippen molar-refractivity contribution in [3.05, 3.63) is 52.5 Å². The van der Waals surface area contributed by atoms with Gasteiger partial charge in [0.25, 0.3) is 0 Å². The number of fused-ring (bicyclic) bond motifs is 1. The predicted molar refractivity (Wildman–Crippen MR) is 144 cm³/mol. The Hall–Kier alpha value is -2.77. The first kappa shape index (κ1) is 23.9. The average Bonchev–Trinajstić information content (AvgIpc) is 3.30. The summed E-state index contributed by atoms with van der Waals surface area (Å²) in [6, 6.07) is 12.2. The molecule has 186 valence electrons. The summed E-state index contributed by atoms with van der Waals surface area (Å²) >= 11 is 6.11. The van der Waals surface area contributed by atoms with Gasteiger partial charge in [0.2, 0.25) is 11.9 Å². The molecule has 8 heteroatoms. The number of anilines is 2. The van der Waals surface area contributed by atoms with E-state index in [1.807, 2.05) is 18.2 Å². The van der Waals surface area contributed by atoms with Gasteiger partial charge in [0.15, 0.2) is 0 Å². The number of aromatic nitrogens is 2. The quantitative estimate of drug-likeness (QED) is 0.542. The number of halogens is 1. The van der Waals surface area contributed by atoms with Gasteiger partial charge in [-0.2, -0.15) is 0 Å². The monoisotopic (exact) mass is 494 g/mol. The Labute approximate surface area is 212 Å². The summed E-state index contributed by atoms with van der Waals surface area (Å²) in [5.41, 5.74) is 5.90. The van der Waals surface area contributed by atoms with E-state index in [1.165, 1.54) is 16.8 Å². The molecule has 2 fully saturated rings. The Balaban J connectivity index is 1.08. The molecule has 0 radical (unpaired) electrons. The Morgan fingerprint density at radius 2 is 1.94 bits per heavy atom. The zero-order valence-corrected chi connectivity index (χ0v) is 21.4. The van der Waals surface area contributed by atoms with E-state index in [2.05, 4.69) is 57.0 Å². The number of carbonyl (C=O) groups is 1. The van der Waals surface area contributed by atoms with Crippen LogP contribution in [0.5, 0.6) is 0 Å². The van der Waals surface area contributed by atoms with Crippen LogP contribution in [-0.2, 0) is 4.79 Å². The highest BCUT2D eigenvalue weighted by molar-refractivity contribution is 6.31. The van der Waals surface area contributed by atoms with E-state index in [1.54, 1.807) is 0 Å². The average molecular weight is 495 g/mol. The van der Waals surface area contributed by atoms with Crippen LogP contribution in [0.2, 0.25) is 5.02 Å². The molecule has 0 spiro atoms. The van der Waals surface area contributed by atoms with Crippen molar-refractivity contribution in [1.82, 2.24) is 20.2 Å². The minimum Gasteiger partial charge on any atom is -0.369 e. The van der Waals surface area contributed by atoms with Gasteiger partial charge in [-0.3, -0.25) is 9.69 Å². The maximum atomic E-state index is 12.9. The van der Waals surface area contributed by atoms with Crippen molar-refractivity contribution in [2.75, 3.05) is 62.2 Å². The number of nitrogens with one attached hydrogen (secondary N) is 2. The summed E-state index contributed by atoms with van der Waals surface area (Å²) in [6.45, 7) is 11.7. The maximum Gasteiger partial charge on any atom is 0.224 e. The number of amides is 1. The lowest BCUT2D eigenvalue weighted by molar-refractivity contribution is -0.125. The second-order valence-electron chi connectivity index (χ2n) is 9.85. The number of imidazole rings is 1. The van der Waals surface area contributed by atoms with Crippen LogP contribution in [0.25, 0.3) is 11.0 Å². The molecule has 2 saturated heterocycles. The SMILES string of the molecule is Cc1cccc(N2CCN(CCNC(=O)C3CCCN(c4nc5ccc(Cl)cc5[nH]4)C3)CC2)c1C. The van der Waals surface area contributed by atoms with Crippen molar-refractivity contribution in [2.24, 2.45) is 5.92 Å². The molecule has 0 aliphatic carbocycles. The summed E-state index contributed by atoms with van der Waals surface area (Å²) in [7, 11) is 0. The normalized spacial score (nSPS) is 19.3. The fraction of sp³-hybridized carbons (Fsp3) is 0.481. The summed E-state index contributed by atoms with van der Waals surface area (Å²) in [5.74, 6) is 0.964. The highest BCUT2D eigenvalue weighted by atomic mass is 35.5. The van der Waals surface area contributed by atoms with Crippen LogP contribution < -0.4 is 15.1 Å². The zero-order chi connectivity index (χ0) is 24.4. The van der Waals surface area contributed by atoms with Crippen molar-refractivity contribution >= 4 is 40.2 Å². The largest absolute Gasteiger partial charge is 0.369 e. The van der Waals surface area contributed by atoms with Crippen LogP contribution in [0.1, 0.15) is 24.0 Å². The number of hydrogen-bond donors (Lipinski definition) is 2. The van der Waals surface area contributed by atoms with Crippen LogP contribution in [0, 0.1) is 19.8 Å². The first-order valence-corrected chi connectivity index (χ1v) is 13.1.